The standard InChI is InChI=1S/C18H11F3N4O2S2/c19-18(20,21)27-11-6-7-12-14(8-11)29-16(23-12)24-15(26)13-9-22-17(28)25(13)10-4-2-1-3-5-10/h1-9H,(H,22,28)(H,23,24,26). The van der Waals surface area contributed by atoms with E-state index >= 15 is 0 Å². The van der Waals surface area contributed by atoms with Crippen LogP contribution in [0.5, 0.6) is 5.75 Å². The summed E-state index contributed by atoms with van der Waals surface area (Å²) in [7, 11) is 0. The van der Waals surface area contributed by atoms with E-state index in [2.05, 4.69) is 20.0 Å². The molecule has 4 rings (SSSR count). The van der Waals surface area contributed by atoms with Gasteiger partial charge in [-0.25, -0.2) is 4.98 Å². The maximum atomic E-state index is 12.7. The predicted molar refractivity (Wildman–Crippen MR) is 105 cm³/mol. The maximum absolute atomic E-state index is 12.7. The number of aromatic nitrogens is 3. The van der Waals surface area contributed by atoms with E-state index in [1.807, 2.05) is 18.2 Å². The van der Waals surface area contributed by atoms with Crippen LogP contribution >= 0.6 is 23.6 Å². The zero-order valence-electron chi connectivity index (χ0n) is 14.4. The number of H-pyrrole nitrogens is 1. The van der Waals surface area contributed by atoms with Crippen LogP contribution in [0.25, 0.3) is 15.9 Å². The topological polar surface area (TPSA) is 71.9 Å². The molecular weight excluding hydrogens is 425 g/mol. The summed E-state index contributed by atoms with van der Waals surface area (Å²) >= 11 is 6.29. The van der Waals surface area contributed by atoms with E-state index in [4.69, 9.17) is 12.2 Å². The van der Waals surface area contributed by atoms with Gasteiger partial charge in [0.25, 0.3) is 5.91 Å². The van der Waals surface area contributed by atoms with Crippen molar-refractivity contribution in [3.05, 3.63) is 65.2 Å². The van der Waals surface area contributed by atoms with Gasteiger partial charge in [-0.15, -0.1) is 13.2 Å². The first-order valence-corrected chi connectivity index (χ1v) is 9.36. The number of para-hydroxylation sites is 1. The Morgan fingerprint density at radius 3 is 2.69 bits per heavy atom. The summed E-state index contributed by atoms with van der Waals surface area (Å²) in [5.74, 6) is -0.818. The molecule has 0 fully saturated rings. The first-order valence-electron chi connectivity index (χ1n) is 8.14. The van der Waals surface area contributed by atoms with Crippen LogP contribution in [0.15, 0.2) is 54.7 Å². The fraction of sp³-hybridized carbons (Fsp3) is 0.0556. The Morgan fingerprint density at radius 1 is 1.21 bits per heavy atom. The number of anilines is 1. The van der Waals surface area contributed by atoms with Crippen molar-refractivity contribution in [1.82, 2.24) is 14.5 Å². The number of hydrogen-bond acceptors (Lipinski definition) is 5. The average Bonchev–Trinajstić information content (AvgIpc) is 3.23. The number of benzene rings is 2. The summed E-state index contributed by atoms with van der Waals surface area (Å²) in [5, 5.41) is 2.89. The van der Waals surface area contributed by atoms with E-state index in [0.717, 1.165) is 11.3 Å². The van der Waals surface area contributed by atoms with Gasteiger partial charge in [0.15, 0.2) is 9.90 Å². The minimum atomic E-state index is -4.78. The molecule has 0 aliphatic carbocycles. The van der Waals surface area contributed by atoms with Gasteiger partial charge in [0.2, 0.25) is 0 Å². The molecular formula is C18H11F3N4O2S2. The van der Waals surface area contributed by atoms with Crippen LogP contribution in [0, 0.1) is 4.77 Å². The molecule has 0 unspecified atom stereocenters. The SMILES string of the molecule is O=C(Nc1nc2ccc(OC(F)(F)F)cc2s1)c1c[nH]c(=S)n1-c1ccccc1. The number of halogens is 3. The minimum absolute atomic E-state index is 0.237. The molecule has 0 saturated carbocycles. The van der Waals surface area contributed by atoms with Gasteiger partial charge in [-0.3, -0.25) is 14.7 Å². The maximum Gasteiger partial charge on any atom is 0.573 e. The Morgan fingerprint density at radius 2 is 1.97 bits per heavy atom. The molecule has 2 aromatic carbocycles. The molecule has 4 aromatic rings. The molecule has 0 aliphatic rings. The monoisotopic (exact) mass is 436 g/mol. The quantitative estimate of drug-likeness (QED) is 0.426. The summed E-state index contributed by atoms with van der Waals surface area (Å²) < 4.78 is 43.4. The molecule has 2 aromatic heterocycles. The molecule has 0 aliphatic heterocycles. The number of fused-ring (bicyclic) bond motifs is 1. The van der Waals surface area contributed by atoms with Crippen molar-refractivity contribution in [2.24, 2.45) is 0 Å². The Bertz CT molecular complexity index is 1250. The number of nitrogens with zero attached hydrogens (tertiary/aromatic N) is 2. The highest BCUT2D eigenvalue weighted by molar-refractivity contribution is 7.71. The molecule has 0 saturated heterocycles. The number of hydrogen-bond donors (Lipinski definition) is 2. The number of aromatic amines is 1. The third-order valence-electron chi connectivity index (χ3n) is 3.84. The summed E-state index contributed by atoms with van der Waals surface area (Å²) in [4.78, 5) is 19.8. The molecule has 1 amide bonds. The van der Waals surface area contributed by atoms with Gasteiger partial charge in [-0.1, -0.05) is 29.5 Å². The number of thiazole rings is 1. The first-order chi connectivity index (χ1) is 13.8. The summed E-state index contributed by atoms with van der Waals surface area (Å²) in [6, 6.07) is 12.9. The fourth-order valence-electron chi connectivity index (χ4n) is 2.69. The third-order valence-corrected chi connectivity index (χ3v) is 5.07. The second kappa shape index (κ2) is 7.33. The van der Waals surface area contributed by atoms with Crippen LogP contribution in [0.3, 0.4) is 0 Å². The number of carbonyl (C=O) groups excluding carboxylic acids is 1. The average molecular weight is 436 g/mol. The summed E-state index contributed by atoms with van der Waals surface area (Å²) in [6.07, 6.45) is -3.30. The zero-order valence-corrected chi connectivity index (χ0v) is 16.0. The van der Waals surface area contributed by atoms with Crippen molar-refractivity contribution in [3.63, 3.8) is 0 Å². The molecule has 11 heteroatoms. The molecule has 0 spiro atoms. The van der Waals surface area contributed by atoms with Gasteiger partial charge in [0.1, 0.15) is 11.4 Å². The lowest BCUT2D eigenvalue weighted by Gasteiger charge is -2.07. The zero-order chi connectivity index (χ0) is 20.6. The normalized spacial score (nSPS) is 11.6. The van der Waals surface area contributed by atoms with Crippen molar-refractivity contribution < 1.29 is 22.7 Å². The van der Waals surface area contributed by atoms with Gasteiger partial charge in [0, 0.05) is 18.0 Å². The van der Waals surface area contributed by atoms with Crippen molar-refractivity contribution in [1.29, 1.82) is 0 Å². The van der Waals surface area contributed by atoms with E-state index in [9.17, 15) is 18.0 Å². The number of carbonyl (C=O) groups is 1. The van der Waals surface area contributed by atoms with E-state index in [1.165, 1.54) is 24.4 Å². The number of ether oxygens (including phenoxy) is 1. The van der Waals surface area contributed by atoms with Crippen LogP contribution in [0.4, 0.5) is 18.3 Å². The summed E-state index contributed by atoms with van der Waals surface area (Å²) in [5.41, 5.74) is 1.41. The largest absolute Gasteiger partial charge is 0.573 e. The van der Waals surface area contributed by atoms with E-state index in [-0.39, 0.29) is 16.6 Å². The summed E-state index contributed by atoms with van der Waals surface area (Å²) in [6.45, 7) is 0. The predicted octanol–water partition coefficient (Wildman–Crippen LogP) is 5.30. The molecule has 148 valence electrons. The molecule has 2 heterocycles. The number of imidazole rings is 1. The smallest absolute Gasteiger partial charge is 0.406 e. The van der Waals surface area contributed by atoms with Crippen LogP contribution < -0.4 is 10.1 Å². The highest BCUT2D eigenvalue weighted by Gasteiger charge is 2.31. The van der Waals surface area contributed by atoms with Crippen LogP contribution in [0.1, 0.15) is 10.5 Å². The Kier molecular flexibility index (Phi) is 4.84. The molecule has 0 atom stereocenters. The van der Waals surface area contributed by atoms with E-state index in [0.29, 0.717) is 20.7 Å². The Balaban J connectivity index is 1.61. The Hall–Kier alpha value is -3.18. The highest BCUT2D eigenvalue weighted by Crippen LogP contribution is 2.31. The van der Waals surface area contributed by atoms with Crippen LogP contribution in [0.2, 0.25) is 0 Å². The van der Waals surface area contributed by atoms with Crippen LogP contribution in [-0.2, 0) is 0 Å². The number of rotatable bonds is 4. The van der Waals surface area contributed by atoms with E-state index < -0.39 is 12.3 Å². The first kappa shape index (κ1) is 19.2. The third kappa shape index (κ3) is 4.15. The van der Waals surface area contributed by atoms with Crippen molar-refractivity contribution in [2.45, 2.75) is 6.36 Å². The van der Waals surface area contributed by atoms with Crippen molar-refractivity contribution in [2.75, 3.05) is 5.32 Å². The molecule has 0 bridgehead atoms. The Labute approximate surface area is 170 Å². The van der Waals surface area contributed by atoms with Gasteiger partial charge in [0.05, 0.1) is 10.2 Å². The number of amides is 1. The highest BCUT2D eigenvalue weighted by atomic mass is 32.1. The molecule has 2 N–H and O–H groups in total. The van der Waals surface area contributed by atoms with Crippen molar-refractivity contribution in [3.8, 4) is 11.4 Å². The molecule has 0 radical (unpaired) electrons. The molecule has 29 heavy (non-hydrogen) atoms. The second-order valence-corrected chi connectivity index (χ2v) is 7.22. The van der Waals surface area contributed by atoms with Gasteiger partial charge in [-0.2, -0.15) is 0 Å². The van der Waals surface area contributed by atoms with E-state index in [1.54, 1.807) is 16.7 Å². The van der Waals surface area contributed by atoms with Crippen molar-refractivity contribution >= 4 is 44.8 Å². The van der Waals surface area contributed by atoms with Gasteiger partial charge in [-0.05, 0) is 36.5 Å². The molecule has 6 nitrogen and oxygen atoms in total. The fourth-order valence-corrected chi connectivity index (χ4v) is 3.84. The number of alkyl halides is 3. The van der Waals surface area contributed by atoms with Crippen LogP contribution in [-0.4, -0.2) is 26.8 Å². The second-order valence-electron chi connectivity index (χ2n) is 5.80. The lowest BCUT2D eigenvalue weighted by Crippen LogP contribution is -2.16. The number of nitrogens with one attached hydrogen (secondary N) is 2. The van der Waals surface area contributed by atoms with Gasteiger partial charge < -0.3 is 9.72 Å². The van der Waals surface area contributed by atoms with Gasteiger partial charge >= 0.3 is 6.36 Å². The lowest BCUT2D eigenvalue weighted by atomic mass is 10.3. The minimum Gasteiger partial charge on any atom is -0.406 e. The lowest BCUT2D eigenvalue weighted by molar-refractivity contribution is -0.274.